The van der Waals surface area contributed by atoms with Crippen molar-refractivity contribution in [1.82, 2.24) is 15.5 Å². The summed E-state index contributed by atoms with van der Waals surface area (Å²) in [6.45, 7) is 10.7. The minimum Gasteiger partial charge on any atom is -0.462 e. The first-order valence-corrected chi connectivity index (χ1v) is 27.9. The van der Waals surface area contributed by atoms with Crippen LogP contribution in [0.3, 0.4) is 0 Å². The second kappa shape index (κ2) is 27.9. The average Bonchev–Trinajstić information content (AvgIpc) is 2.07. The fourth-order valence-corrected chi connectivity index (χ4v) is 11.0. The average molecular weight is 1170 g/mol. The Bertz CT molecular complexity index is 2880. The number of anilines is 2. The van der Waals surface area contributed by atoms with Crippen LogP contribution in [0.15, 0.2) is 60.2 Å². The van der Waals surface area contributed by atoms with Crippen LogP contribution in [0.1, 0.15) is 116 Å². The third-order valence-corrected chi connectivity index (χ3v) is 16.2. The van der Waals surface area contributed by atoms with Gasteiger partial charge in [-0.15, -0.1) is 0 Å². The molecule has 0 saturated carbocycles. The molecule has 20 nitrogen and oxygen atoms in total. The summed E-state index contributed by atoms with van der Waals surface area (Å²) in [6.07, 6.45) is 2.51. The van der Waals surface area contributed by atoms with E-state index in [4.69, 9.17) is 36.3 Å². The number of nitrogens with two attached hydrogens (primary N) is 1. The van der Waals surface area contributed by atoms with E-state index in [0.29, 0.717) is 54.1 Å². The Hall–Kier alpha value is -6.88. The molecule has 82 heavy (non-hydrogen) atoms. The molecular weight excluding hydrogens is 1090 g/mol. The maximum Gasteiger partial charge on any atom is 0.412 e. The number of unbranched alkanes of at least 4 members (excludes halogenated alkanes) is 2. The summed E-state index contributed by atoms with van der Waals surface area (Å²) in [5, 5.41) is 19.6. The van der Waals surface area contributed by atoms with Crippen molar-refractivity contribution < 1.29 is 76.0 Å². The number of carbonyl (C=O) groups is 9. The molecule has 4 bridgehead atoms. The zero-order valence-electron chi connectivity index (χ0n) is 47.6. The first-order valence-electron chi connectivity index (χ1n) is 27.5. The van der Waals surface area contributed by atoms with Crippen molar-refractivity contribution in [1.29, 1.82) is 0 Å². The molecule has 446 valence electrons. The second-order valence-electron chi connectivity index (χ2n) is 22.4. The molecule has 7 amide bonds. The summed E-state index contributed by atoms with van der Waals surface area (Å²) < 4.78 is 55.7. The molecule has 0 radical (unpaired) electrons. The van der Waals surface area contributed by atoms with Crippen molar-refractivity contribution in [2.24, 2.45) is 23.5 Å². The number of hydrogen-bond acceptors (Lipinski definition) is 14. The number of esters is 1. The standard InChI is InChI=1S/C59H75ClF2N6O14/c1-32(2)39(27-38(69)15-10-9-11-21-68-49(71)18-19-50(68)72)55(75)65-42(16-13-20-64-56(63)76)45(70)26-37-25-41(62)43(28-40(37)61)66-57(77)81-48-29-51(73)67(7)44-24-36(23-34(4)53(44)60)22-33(3)14-12-17-47(79-8)59(78)30-46(80-52(74)31-59)35(5)54-58(48,6)82-54/h12,14,17-19,23-25,28,32,35,39,42,46-48,54,78H,9-11,13,15-16,20-22,26-27,29-31H2,1-8H3,(H,65,75)(H,66,77)(H3,63,64,76)/b17-12+,33-14+/t35-,39+,42+,46+,47-,48+,54+,58+,59-/m1/s1. The van der Waals surface area contributed by atoms with Crippen LogP contribution in [0.25, 0.3) is 0 Å². The number of aryl methyl sites for hydroxylation is 1. The fourth-order valence-electron chi connectivity index (χ4n) is 10.8. The number of fused-ring (bicyclic) bond motifs is 5. The van der Waals surface area contributed by atoms with Crippen molar-refractivity contribution in [3.05, 3.63) is 93.6 Å². The van der Waals surface area contributed by atoms with Gasteiger partial charge in [0.25, 0.3) is 11.8 Å². The highest BCUT2D eigenvalue weighted by Gasteiger charge is 2.64. The molecule has 2 aromatic carbocycles. The molecular formula is C59H75ClF2N6O14. The number of ether oxygens (including phenoxy) is 4. The molecule has 0 aliphatic carbocycles. The van der Waals surface area contributed by atoms with Gasteiger partial charge in [0.15, 0.2) is 5.78 Å². The Morgan fingerprint density at radius 1 is 0.988 bits per heavy atom. The van der Waals surface area contributed by atoms with Crippen LogP contribution in [-0.4, -0.2) is 132 Å². The molecule has 4 aliphatic rings. The van der Waals surface area contributed by atoms with Gasteiger partial charge in [-0.1, -0.05) is 68.7 Å². The van der Waals surface area contributed by atoms with E-state index in [-0.39, 0.29) is 63.3 Å². The number of benzene rings is 2. The number of epoxide rings is 1. The van der Waals surface area contributed by atoms with E-state index < -0.39 is 137 Å². The number of allylic oxidation sites excluding steroid dienone is 3. The molecule has 0 aromatic heterocycles. The van der Waals surface area contributed by atoms with Crippen LogP contribution >= 0.6 is 11.6 Å². The zero-order valence-corrected chi connectivity index (χ0v) is 48.3. The van der Waals surface area contributed by atoms with E-state index in [0.717, 1.165) is 16.0 Å². The first-order chi connectivity index (χ1) is 38.6. The number of urea groups is 1. The Morgan fingerprint density at radius 3 is 2.37 bits per heavy atom. The van der Waals surface area contributed by atoms with Gasteiger partial charge in [0, 0.05) is 83.0 Å². The molecule has 23 heteroatoms. The summed E-state index contributed by atoms with van der Waals surface area (Å²) in [4.78, 5) is 120. The topological polar surface area (TPSA) is 283 Å². The van der Waals surface area contributed by atoms with Crippen LogP contribution in [-0.2, 0) is 65.4 Å². The largest absolute Gasteiger partial charge is 0.462 e. The lowest BCUT2D eigenvalue weighted by atomic mass is 9.78. The van der Waals surface area contributed by atoms with Gasteiger partial charge in [0.05, 0.1) is 41.4 Å². The van der Waals surface area contributed by atoms with Crippen LogP contribution < -0.4 is 26.6 Å². The van der Waals surface area contributed by atoms with E-state index >= 15 is 8.78 Å². The van der Waals surface area contributed by atoms with E-state index in [2.05, 4.69) is 16.0 Å². The number of nitrogens with zero attached hydrogens (tertiary/aromatic N) is 2. The Balaban J connectivity index is 1.17. The molecule has 0 unspecified atom stereocenters. The second-order valence-corrected chi connectivity index (χ2v) is 22.8. The van der Waals surface area contributed by atoms with Crippen molar-refractivity contribution in [3.63, 3.8) is 0 Å². The Kier molecular flexibility index (Phi) is 21.9. The summed E-state index contributed by atoms with van der Waals surface area (Å²) in [7, 11) is 2.92. The number of carbonyl (C=O) groups excluding carboxylic acids is 9. The van der Waals surface area contributed by atoms with Crippen LogP contribution in [0.2, 0.25) is 5.02 Å². The third kappa shape index (κ3) is 16.4. The van der Waals surface area contributed by atoms with E-state index in [1.54, 1.807) is 52.8 Å². The molecule has 6 N–H and O–H groups in total. The van der Waals surface area contributed by atoms with E-state index in [1.807, 2.05) is 19.1 Å². The lowest BCUT2D eigenvalue weighted by molar-refractivity contribution is -0.187. The van der Waals surface area contributed by atoms with Crippen LogP contribution in [0, 0.1) is 36.3 Å². The van der Waals surface area contributed by atoms with Crippen molar-refractivity contribution in [2.75, 3.05) is 37.5 Å². The highest BCUT2D eigenvalue weighted by molar-refractivity contribution is 6.34. The predicted molar refractivity (Wildman–Crippen MR) is 298 cm³/mol. The van der Waals surface area contributed by atoms with Gasteiger partial charge >= 0.3 is 18.1 Å². The molecule has 4 heterocycles. The van der Waals surface area contributed by atoms with Gasteiger partial charge in [-0.3, -0.25) is 43.8 Å². The normalized spacial score (nSPS) is 25.6. The molecule has 9 atom stereocenters. The van der Waals surface area contributed by atoms with Gasteiger partial charge in [-0.05, 0) is 87.6 Å². The summed E-state index contributed by atoms with van der Waals surface area (Å²) in [5.74, 6) is -7.82. The molecule has 2 saturated heterocycles. The highest BCUT2D eigenvalue weighted by atomic mass is 35.5. The van der Waals surface area contributed by atoms with E-state index in [1.165, 1.54) is 31.2 Å². The number of methoxy groups -OCH3 is 1. The quantitative estimate of drug-likeness (QED) is 0.0366. The summed E-state index contributed by atoms with van der Waals surface area (Å²) >= 11 is 6.81. The van der Waals surface area contributed by atoms with Gasteiger partial charge < -0.3 is 45.3 Å². The van der Waals surface area contributed by atoms with Gasteiger partial charge in [0.2, 0.25) is 11.8 Å². The molecule has 0 spiro atoms. The number of imide groups is 1. The molecule has 4 aliphatic heterocycles. The summed E-state index contributed by atoms with van der Waals surface area (Å²) in [5.41, 5.74) is 3.72. The SMILES string of the molecule is CO[C@@H]1/C=C/C=C(\C)Cc2cc(C)c(Cl)c(c2)N(C)C(=O)C[C@H](OC(=O)Nc2cc(F)c(CC(=O)[C@H](CCCNC(N)=O)NC(=O)[C@@H](CC(=O)CCCCCN3C(=O)C=CC3=O)C(C)C)cc2F)[C@]2(C)O[C@H]2[C@H](C)[C@@H]2C[C@@]1(O)CC(=O)O2. The number of amides is 7. The number of rotatable bonds is 21. The molecule has 2 aromatic rings. The maximum atomic E-state index is 16.1. The van der Waals surface area contributed by atoms with Gasteiger partial charge in [0.1, 0.15) is 46.9 Å². The molecule has 6 rings (SSSR count). The lowest BCUT2D eigenvalue weighted by Gasteiger charge is -2.41. The number of nitrogens with one attached hydrogen (secondary N) is 3. The molecule has 2 fully saturated rings. The number of primary amides is 1. The zero-order chi connectivity index (χ0) is 60.4. The number of halogens is 3. The van der Waals surface area contributed by atoms with Crippen molar-refractivity contribution in [3.8, 4) is 0 Å². The number of hydrogen-bond donors (Lipinski definition) is 5. The van der Waals surface area contributed by atoms with Crippen molar-refractivity contribution >= 4 is 76.3 Å². The fraction of sp³-hybridized carbons (Fsp3) is 0.542. The lowest BCUT2D eigenvalue weighted by Crippen LogP contribution is -2.53. The number of ketones is 2. The predicted octanol–water partition coefficient (Wildman–Crippen LogP) is 6.96. The van der Waals surface area contributed by atoms with Crippen molar-refractivity contribution in [2.45, 2.75) is 160 Å². The minimum atomic E-state index is -1.69. The first kappa shape index (κ1) is 64.3. The smallest absolute Gasteiger partial charge is 0.412 e. The highest BCUT2D eigenvalue weighted by Crippen LogP contribution is 2.50. The minimum absolute atomic E-state index is 0.0149. The monoisotopic (exact) mass is 1160 g/mol. The van der Waals surface area contributed by atoms with Crippen LogP contribution in [0.5, 0.6) is 0 Å². The van der Waals surface area contributed by atoms with Gasteiger partial charge in [-0.25, -0.2) is 18.4 Å². The number of aliphatic hydroxyl groups is 1. The Morgan fingerprint density at radius 2 is 1.70 bits per heavy atom. The third-order valence-electron chi connectivity index (χ3n) is 15.7. The van der Waals surface area contributed by atoms with Crippen LogP contribution in [0.4, 0.5) is 29.7 Å². The Labute approximate surface area is 480 Å². The van der Waals surface area contributed by atoms with Gasteiger partial charge in [-0.2, -0.15) is 0 Å². The number of Topliss-reactive ketones (excluding diaryl/α,β-unsaturated/α-hetero) is 2. The maximum absolute atomic E-state index is 16.1. The van der Waals surface area contributed by atoms with E-state index in [9.17, 15) is 48.3 Å². The summed E-state index contributed by atoms with van der Waals surface area (Å²) in [6, 6.07) is 2.89.